The van der Waals surface area contributed by atoms with Gasteiger partial charge in [-0.3, -0.25) is 19.2 Å². The number of carbonyl (C=O) groups excluding carboxylic acids is 4. The molecule has 0 unspecified atom stereocenters. The molecule has 5 atom stereocenters. The van der Waals surface area contributed by atoms with Crippen LogP contribution in [-0.2, 0) is 9.59 Å². The van der Waals surface area contributed by atoms with Gasteiger partial charge >= 0.3 is 0 Å². The van der Waals surface area contributed by atoms with Gasteiger partial charge in [0.2, 0.25) is 0 Å². The highest BCUT2D eigenvalue weighted by Crippen LogP contribution is 2.56. The van der Waals surface area contributed by atoms with E-state index in [0.29, 0.717) is 0 Å². The van der Waals surface area contributed by atoms with E-state index < -0.39 is 47.2 Å². The van der Waals surface area contributed by atoms with Gasteiger partial charge in [-0.2, -0.15) is 5.01 Å². The number of carbonyl (C=O) groups is 4. The number of hydrogen-bond donors (Lipinski definition) is 0. The zero-order chi connectivity index (χ0) is 24.9. The van der Waals surface area contributed by atoms with Crippen molar-refractivity contribution < 1.29 is 23.6 Å². The van der Waals surface area contributed by atoms with Gasteiger partial charge in [0.1, 0.15) is 11.9 Å². The summed E-state index contributed by atoms with van der Waals surface area (Å²) >= 11 is 12.3. The lowest BCUT2D eigenvalue weighted by atomic mass is 9.81. The third-order valence-corrected chi connectivity index (χ3v) is 8.09. The lowest BCUT2D eigenvalue weighted by molar-refractivity contribution is -0.157. The zero-order valence-electron chi connectivity index (χ0n) is 18.7. The Kier molecular flexibility index (Phi) is 6.40. The lowest BCUT2D eigenvalue weighted by Gasteiger charge is -2.37. The Morgan fingerprint density at radius 2 is 1.60 bits per heavy atom. The number of hydrogen-bond acceptors (Lipinski definition) is 4. The third-order valence-electron chi connectivity index (χ3n) is 7.54. The molecule has 3 fully saturated rings. The smallest absolute Gasteiger partial charge is 0.275 e. The number of amides is 3. The van der Waals surface area contributed by atoms with Crippen LogP contribution in [0.15, 0.2) is 48.5 Å². The molecule has 1 heterocycles. The minimum atomic E-state index is -1.26. The fourth-order valence-corrected chi connectivity index (χ4v) is 6.43. The molecule has 0 N–H and O–H groups in total. The molecule has 3 aliphatic rings. The molecule has 3 amide bonds. The first kappa shape index (κ1) is 23.9. The molecule has 2 aromatic rings. The summed E-state index contributed by atoms with van der Waals surface area (Å²) in [4.78, 5) is 54.8. The SMILES string of the molecule is O=C(c1ccc(F)cc1)[C@@H](CCCl)N(C(=O)c1ccccc1Cl)N1C(=O)[C@@H]2[C@H]3CC[C@@H](C3)[C@@H]2C1=O. The third kappa shape index (κ3) is 3.95. The summed E-state index contributed by atoms with van der Waals surface area (Å²) in [5, 5.41) is 1.96. The number of fused-ring (bicyclic) bond motifs is 5. The van der Waals surface area contributed by atoms with Crippen LogP contribution in [0.4, 0.5) is 4.39 Å². The van der Waals surface area contributed by atoms with Crippen LogP contribution >= 0.6 is 23.2 Å². The molecule has 182 valence electrons. The Morgan fingerprint density at radius 3 is 2.17 bits per heavy atom. The van der Waals surface area contributed by atoms with Crippen molar-refractivity contribution in [1.29, 1.82) is 0 Å². The van der Waals surface area contributed by atoms with E-state index in [1.165, 1.54) is 24.3 Å². The van der Waals surface area contributed by atoms with Crippen LogP contribution in [0.5, 0.6) is 0 Å². The predicted octanol–water partition coefficient (Wildman–Crippen LogP) is 4.75. The summed E-state index contributed by atoms with van der Waals surface area (Å²) in [6.07, 6.45) is 2.56. The van der Waals surface area contributed by atoms with E-state index in [2.05, 4.69) is 0 Å². The fraction of sp³-hybridized carbons (Fsp3) is 0.385. The average Bonchev–Trinajstić information content (AvgIpc) is 3.54. The topological polar surface area (TPSA) is 74.8 Å². The number of alkyl halides is 1. The van der Waals surface area contributed by atoms with E-state index in [9.17, 15) is 23.6 Å². The summed E-state index contributed by atoms with van der Waals surface area (Å²) in [6, 6.07) is 9.89. The number of halogens is 3. The molecule has 6 nitrogen and oxygen atoms in total. The van der Waals surface area contributed by atoms with E-state index in [1.54, 1.807) is 12.1 Å². The van der Waals surface area contributed by atoms with Gasteiger partial charge in [-0.05, 0) is 73.9 Å². The van der Waals surface area contributed by atoms with Crippen molar-refractivity contribution >= 4 is 46.7 Å². The van der Waals surface area contributed by atoms with Gasteiger partial charge in [-0.1, -0.05) is 23.7 Å². The fourth-order valence-electron chi connectivity index (χ4n) is 6.01. The van der Waals surface area contributed by atoms with Gasteiger partial charge in [-0.25, -0.2) is 9.40 Å². The number of rotatable bonds is 7. The molecular formula is C26H23Cl2FN2O4. The molecule has 2 aromatic carbocycles. The zero-order valence-corrected chi connectivity index (χ0v) is 20.2. The Labute approximate surface area is 211 Å². The quantitative estimate of drug-likeness (QED) is 0.302. The normalized spacial score (nSPS) is 25.6. The molecule has 2 saturated carbocycles. The van der Waals surface area contributed by atoms with Gasteiger partial charge in [0.15, 0.2) is 5.78 Å². The molecule has 35 heavy (non-hydrogen) atoms. The maximum absolute atomic E-state index is 13.9. The maximum atomic E-state index is 13.9. The molecule has 0 radical (unpaired) electrons. The Bertz CT molecular complexity index is 1180. The van der Waals surface area contributed by atoms with Crippen molar-refractivity contribution in [3.05, 3.63) is 70.5 Å². The van der Waals surface area contributed by atoms with Crippen LogP contribution in [-0.4, -0.2) is 45.4 Å². The molecule has 9 heteroatoms. The van der Waals surface area contributed by atoms with Crippen molar-refractivity contribution in [3.63, 3.8) is 0 Å². The van der Waals surface area contributed by atoms with E-state index in [0.717, 1.165) is 41.4 Å². The number of ketones is 1. The second-order valence-electron chi connectivity index (χ2n) is 9.37. The van der Waals surface area contributed by atoms with E-state index in [-0.39, 0.29) is 40.3 Å². The summed E-state index contributed by atoms with van der Waals surface area (Å²) in [5.41, 5.74) is 0.194. The maximum Gasteiger partial charge on any atom is 0.275 e. The van der Waals surface area contributed by atoms with Gasteiger partial charge in [-0.15, -0.1) is 11.6 Å². The van der Waals surface area contributed by atoms with E-state index in [1.807, 2.05) is 0 Å². The van der Waals surface area contributed by atoms with Crippen LogP contribution in [0.1, 0.15) is 46.4 Å². The molecule has 5 rings (SSSR count). The minimum absolute atomic E-state index is 0.0156. The molecule has 1 saturated heterocycles. The Morgan fingerprint density at radius 1 is 1.00 bits per heavy atom. The monoisotopic (exact) mass is 516 g/mol. The number of imide groups is 1. The van der Waals surface area contributed by atoms with Crippen LogP contribution in [0, 0.1) is 29.5 Å². The predicted molar refractivity (Wildman–Crippen MR) is 127 cm³/mol. The van der Waals surface area contributed by atoms with Crippen molar-refractivity contribution in [2.24, 2.45) is 23.7 Å². The summed E-state index contributed by atoms with van der Waals surface area (Å²) in [7, 11) is 0. The molecule has 0 spiro atoms. The highest BCUT2D eigenvalue weighted by Gasteiger charge is 2.63. The number of Topliss-reactive ketones (excluding diaryl/α,β-unsaturated/α-hetero) is 1. The van der Waals surface area contributed by atoms with Crippen molar-refractivity contribution in [1.82, 2.24) is 10.0 Å². The van der Waals surface area contributed by atoms with Gasteiger partial charge in [0.25, 0.3) is 17.7 Å². The number of nitrogens with zero attached hydrogens (tertiary/aromatic N) is 2. The Hall–Kier alpha value is -2.77. The summed E-state index contributed by atoms with van der Waals surface area (Å²) in [5.74, 6) is -3.52. The first-order valence-corrected chi connectivity index (χ1v) is 12.6. The van der Waals surface area contributed by atoms with E-state index in [4.69, 9.17) is 23.2 Å². The highest BCUT2D eigenvalue weighted by atomic mass is 35.5. The summed E-state index contributed by atoms with van der Waals surface area (Å²) < 4.78 is 13.5. The first-order chi connectivity index (χ1) is 16.8. The molecule has 2 bridgehead atoms. The minimum Gasteiger partial charge on any atom is -0.292 e. The molecule has 1 aliphatic heterocycles. The molecule has 2 aliphatic carbocycles. The van der Waals surface area contributed by atoms with Crippen LogP contribution < -0.4 is 0 Å². The van der Waals surface area contributed by atoms with Gasteiger partial charge < -0.3 is 0 Å². The first-order valence-electron chi connectivity index (χ1n) is 11.6. The Balaban J connectivity index is 1.60. The van der Waals surface area contributed by atoms with Gasteiger partial charge in [0.05, 0.1) is 22.4 Å². The average molecular weight is 517 g/mol. The van der Waals surface area contributed by atoms with Crippen LogP contribution in [0.25, 0.3) is 0 Å². The van der Waals surface area contributed by atoms with Gasteiger partial charge in [0, 0.05) is 11.4 Å². The van der Waals surface area contributed by atoms with Crippen LogP contribution in [0.2, 0.25) is 5.02 Å². The molecular weight excluding hydrogens is 494 g/mol. The van der Waals surface area contributed by atoms with Crippen molar-refractivity contribution in [3.8, 4) is 0 Å². The number of benzene rings is 2. The highest BCUT2D eigenvalue weighted by molar-refractivity contribution is 6.34. The lowest BCUT2D eigenvalue weighted by Crippen LogP contribution is -2.58. The van der Waals surface area contributed by atoms with Crippen molar-refractivity contribution in [2.75, 3.05) is 5.88 Å². The summed E-state index contributed by atoms with van der Waals surface area (Å²) in [6.45, 7) is 0. The molecule has 0 aromatic heterocycles. The number of hydrazine groups is 1. The second kappa shape index (κ2) is 9.36. The standard InChI is InChI=1S/C26H23Cl2FN2O4/c27-12-11-20(23(32)14-7-9-17(29)10-8-14)30(24(33)18-3-1-2-4-19(18)28)31-25(34)21-15-5-6-16(13-15)22(21)26(31)35/h1-4,7-10,15-16,20-22H,5-6,11-13H2/t15-,16-,20+,21-,22+/m0/s1. The van der Waals surface area contributed by atoms with Crippen molar-refractivity contribution in [2.45, 2.75) is 31.7 Å². The largest absolute Gasteiger partial charge is 0.292 e. The van der Waals surface area contributed by atoms with E-state index >= 15 is 0 Å². The van der Waals surface area contributed by atoms with Crippen LogP contribution in [0.3, 0.4) is 0 Å². The second-order valence-corrected chi connectivity index (χ2v) is 10.2.